The molecule has 1 amide bonds. The Morgan fingerprint density at radius 3 is 2.58 bits per heavy atom. The lowest BCUT2D eigenvalue weighted by Crippen LogP contribution is -2.37. The van der Waals surface area contributed by atoms with E-state index in [9.17, 15) is 4.79 Å². The zero-order chi connectivity index (χ0) is 13.4. The van der Waals surface area contributed by atoms with E-state index in [0.29, 0.717) is 5.92 Å². The van der Waals surface area contributed by atoms with Crippen LogP contribution in [0, 0.1) is 0 Å². The second-order valence-corrected chi connectivity index (χ2v) is 6.09. The van der Waals surface area contributed by atoms with Gasteiger partial charge in [0.2, 0.25) is 0 Å². The summed E-state index contributed by atoms with van der Waals surface area (Å²) in [4.78, 5) is 13.4. The Morgan fingerprint density at radius 2 is 1.89 bits per heavy atom. The van der Waals surface area contributed by atoms with Crippen molar-refractivity contribution in [3.8, 4) is 0 Å². The maximum absolute atomic E-state index is 12.2. The van der Waals surface area contributed by atoms with E-state index in [2.05, 4.69) is 24.5 Å². The minimum absolute atomic E-state index is 0.00533. The third-order valence-electron chi connectivity index (χ3n) is 3.25. The minimum atomic E-state index is -0.139. The molecule has 0 saturated heterocycles. The monoisotopic (exact) mass is 272 g/mol. The molecule has 1 aliphatic rings. The summed E-state index contributed by atoms with van der Waals surface area (Å²) in [6.07, 6.45) is -0.139. The molecule has 2 heterocycles. The number of benzene rings is 1. The fourth-order valence-electron chi connectivity index (χ4n) is 2.16. The summed E-state index contributed by atoms with van der Waals surface area (Å²) < 4.78 is 0. The van der Waals surface area contributed by atoms with Gasteiger partial charge in [-0.3, -0.25) is 4.79 Å². The molecule has 4 heteroatoms. The fraction of sp³-hybridized carbons (Fsp3) is 0.267. The van der Waals surface area contributed by atoms with E-state index in [-0.39, 0.29) is 12.1 Å². The van der Waals surface area contributed by atoms with Gasteiger partial charge in [0.25, 0.3) is 5.91 Å². The van der Waals surface area contributed by atoms with Crippen LogP contribution in [0.2, 0.25) is 0 Å². The Balaban J connectivity index is 1.94. The molecule has 0 unspecified atom stereocenters. The topological polar surface area (TPSA) is 41.1 Å². The first kappa shape index (κ1) is 12.2. The Morgan fingerprint density at radius 1 is 1.16 bits per heavy atom. The number of carbonyl (C=O) groups is 1. The van der Waals surface area contributed by atoms with Crippen molar-refractivity contribution in [1.29, 1.82) is 0 Å². The molecule has 98 valence electrons. The average Bonchev–Trinajstić information content (AvgIpc) is 2.84. The van der Waals surface area contributed by atoms with Crippen LogP contribution in [-0.4, -0.2) is 5.91 Å². The number of anilines is 1. The largest absolute Gasteiger partial charge is 0.353 e. The van der Waals surface area contributed by atoms with Gasteiger partial charge in [-0.15, -0.1) is 11.3 Å². The maximum atomic E-state index is 12.2. The zero-order valence-electron chi connectivity index (χ0n) is 10.9. The van der Waals surface area contributed by atoms with Crippen molar-refractivity contribution < 1.29 is 4.79 Å². The molecule has 19 heavy (non-hydrogen) atoms. The summed E-state index contributed by atoms with van der Waals surface area (Å²) in [6, 6.07) is 12.0. The van der Waals surface area contributed by atoms with Gasteiger partial charge in [-0.25, -0.2) is 0 Å². The van der Waals surface area contributed by atoms with Gasteiger partial charge in [0, 0.05) is 4.88 Å². The molecule has 2 N–H and O–H groups in total. The highest BCUT2D eigenvalue weighted by Gasteiger charge is 2.27. The van der Waals surface area contributed by atoms with Crippen molar-refractivity contribution in [2.75, 3.05) is 5.32 Å². The summed E-state index contributed by atoms with van der Waals surface area (Å²) >= 11 is 1.67. The van der Waals surface area contributed by atoms with Crippen molar-refractivity contribution in [1.82, 2.24) is 5.32 Å². The van der Waals surface area contributed by atoms with Crippen LogP contribution >= 0.6 is 11.3 Å². The molecule has 1 aromatic heterocycles. The third-order valence-corrected chi connectivity index (χ3v) is 4.62. The number of hydrogen-bond acceptors (Lipinski definition) is 3. The van der Waals surface area contributed by atoms with Crippen molar-refractivity contribution in [2.45, 2.75) is 25.9 Å². The number of hydrogen-bond donors (Lipinski definition) is 2. The first-order chi connectivity index (χ1) is 9.15. The number of nitrogens with one attached hydrogen (secondary N) is 2. The van der Waals surface area contributed by atoms with Gasteiger partial charge in [-0.2, -0.15) is 0 Å². The number of rotatable bonds is 2. The van der Waals surface area contributed by atoms with Gasteiger partial charge < -0.3 is 10.6 Å². The second-order valence-electron chi connectivity index (χ2n) is 5.01. The highest BCUT2D eigenvalue weighted by Crippen LogP contribution is 2.37. The molecule has 1 atom stereocenters. The number of fused-ring (bicyclic) bond motifs is 1. The molecule has 3 nitrogen and oxygen atoms in total. The Kier molecular flexibility index (Phi) is 3.03. The number of carbonyl (C=O) groups excluding carboxylic acids is 1. The van der Waals surface area contributed by atoms with Crippen LogP contribution in [-0.2, 0) is 0 Å². The predicted octanol–water partition coefficient (Wildman–Crippen LogP) is 3.73. The molecule has 2 aromatic rings. The van der Waals surface area contributed by atoms with Gasteiger partial charge in [-0.1, -0.05) is 44.2 Å². The summed E-state index contributed by atoms with van der Waals surface area (Å²) in [5.41, 5.74) is 1.84. The van der Waals surface area contributed by atoms with E-state index >= 15 is 0 Å². The minimum Gasteiger partial charge on any atom is -0.353 e. The first-order valence-electron chi connectivity index (χ1n) is 6.41. The second kappa shape index (κ2) is 4.70. The van der Waals surface area contributed by atoms with Crippen LogP contribution in [0.15, 0.2) is 36.4 Å². The molecule has 0 radical (unpaired) electrons. The molecule has 0 aliphatic carbocycles. The van der Waals surface area contributed by atoms with Crippen LogP contribution in [0.25, 0.3) is 0 Å². The smallest absolute Gasteiger partial charge is 0.256 e. The SMILES string of the molecule is CC(C)c1cc2c(s1)N[C@H](c1ccccc1)NC2=O. The normalized spacial score (nSPS) is 17.8. The van der Waals surface area contributed by atoms with Gasteiger partial charge in [0.1, 0.15) is 11.2 Å². The fourth-order valence-corrected chi connectivity index (χ4v) is 3.25. The molecular formula is C15H16N2OS. The van der Waals surface area contributed by atoms with Crippen LogP contribution in [0.5, 0.6) is 0 Å². The van der Waals surface area contributed by atoms with Crippen molar-refractivity contribution in [3.63, 3.8) is 0 Å². The lowest BCUT2D eigenvalue weighted by atomic mass is 10.1. The van der Waals surface area contributed by atoms with E-state index in [1.807, 2.05) is 36.4 Å². The average molecular weight is 272 g/mol. The molecule has 0 bridgehead atoms. The quantitative estimate of drug-likeness (QED) is 0.874. The molecule has 1 aromatic carbocycles. The van der Waals surface area contributed by atoms with Crippen LogP contribution in [0.4, 0.5) is 5.00 Å². The van der Waals surface area contributed by atoms with Crippen LogP contribution in [0.3, 0.4) is 0 Å². The van der Waals surface area contributed by atoms with Gasteiger partial charge in [0.05, 0.1) is 5.56 Å². The van der Waals surface area contributed by atoms with Crippen molar-refractivity contribution in [3.05, 3.63) is 52.4 Å². The molecule has 0 fully saturated rings. The highest BCUT2D eigenvalue weighted by molar-refractivity contribution is 7.16. The molecular weight excluding hydrogens is 256 g/mol. The van der Waals surface area contributed by atoms with E-state index in [1.54, 1.807) is 11.3 Å². The Labute approximate surface area is 116 Å². The number of thiophene rings is 1. The lowest BCUT2D eigenvalue weighted by Gasteiger charge is -2.25. The summed E-state index contributed by atoms with van der Waals surface area (Å²) in [7, 11) is 0. The van der Waals surface area contributed by atoms with E-state index < -0.39 is 0 Å². The predicted molar refractivity (Wildman–Crippen MR) is 78.7 cm³/mol. The Hall–Kier alpha value is -1.81. The van der Waals surface area contributed by atoms with Gasteiger partial charge in [0.15, 0.2) is 0 Å². The van der Waals surface area contributed by atoms with E-state index in [4.69, 9.17) is 0 Å². The first-order valence-corrected chi connectivity index (χ1v) is 7.23. The van der Waals surface area contributed by atoms with Crippen molar-refractivity contribution in [2.24, 2.45) is 0 Å². The molecule has 0 saturated carbocycles. The van der Waals surface area contributed by atoms with Crippen LogP contribution < -0.4 is 10.6 Å². The van der Waals surface area contributed by atoms with Gasteiger partial charge >= 0.3 is 0 Å². The summed E-state index contributed by atoms with van der Waals surface area (Å²) in [6.45, 7) is 4.29. The van der Waals surface area contributed by atoms with E-state index in [0.717, 1.165) is 16.1 Å². The Bertz CT molecular complexity index is 604. The molecule has 1 aliphatic heterocycles. The molecule has 0 spiro atoms. The molecule has 3 rings (SSSR count). The van der Waals surface area contributed by atoms with E-state index in [1.165, 1.54) is 4.88 Å². The standard InChI is InChI=1S/C15H16N2OS/c1-9(2)12-8-11-14(18)16-13(17-15(11)19-12)10-6-4-3-5-7-10/h3-9,13,17H,1-2H3,(H,16,18)/t13-/m1/s1. The lowest BCUT2D eigenvalue weighted by molar-refractivity contribution is 0.0936. The highest BCUT2D eigenvalue weighted by atomic mass is 32.1. The zero-order valence-corrected chi connectivity index (χ0v) is 11.8. The van der Waals surface area contributed by atoms with Crippen molar-refractivity contribution >= 4 is 22.2 Å². The van der Waals surface area contributed by atoms with Crippen LogP contribution in [0.1, 0.15) is 46.7 Å². The summed E-state index contributed by atoms with van der Waals surface area (Å²) in [5, 5.41) is 7.38. The summed E-state index contributed by atoms with van der Waals surface area (Å²) in [5.74, 6) is 0.450. The maximum Gasteiger partial charge on any atom is 0.256 e. The van der Waals surface area contributed by atoms with Gasteiger partial charge in [-0.05, 0) is 17.5 Å². The number of amides is 1. The third kappa shape index (κ3) is 2.24.